The Morgan fingerprint density at radius 3 is 2.95 bits per heavy atom. The highest BCUT2D eigenvalue weighted by molar-refractivity contribution is 7.21. The lowest BCUT2D eigenvalue weighted by atomic mass is 10.1. The van der Waals surface area contributed by atoms with E-state index in [0.29, 0.717) is 11.4 Å². The number of aromatic nitrogens is 2. The first-order valence-corrected chi connectivity index (χ1v) is 7.49. The average molecular weight is 301 g/mol. The Hall–Kier alpha value is -2.18. The van der Waals surface area contributed by atoms with Gasteiger partial charge < -0.3 is 10.4 Å². The van der Waals surface area contributed by atoms with Crippen molar-refractivity contribution in [3.05, 3.63) is 53.2 Å². The summed E-state index contributed by atoms with van der Waals surface area (Å²) in [4.78, 5) is 11.8. The van der Waals surface area contributed by atoms with Crippen molar-refractivity contribution in [2.24, 2.45) is 0 Å². The maximum atomic E-state index is 11.4. The van der Waals surface area contributed by atoms with Gasteiger partial charge in [-0.15, -0.1) is 11.3 Å². The highest BCUT2D eigenvalue weighted by Gasteiger charge is 2.16. The van der Waals surface area contributed by atoms with E-state index in [4.69, 9.17) is 0 Å². The van der Waals surface area contributed by atoms with Crippen LogP contribution in [0.5, 0.6) is 0 Å². The number of hydrogen-bond donors (Lipinski definition) is 2. The number of aromatic carboxylic acids is 1. The number of thiophene rings is 1. The topological polar surface area (TPSA) is 67.2 Å². The number of carboxylic acids is 1. The summed E-state index contributed by atoms with van der Waals surface area (Å²) in [6.07, 6.45) is 3.65. The van der Waals surface area contributed by atoms with Crippen LogP contribution in [0.1, 0.15) is 15.2 Å². The van der Waals surface area contributed by atoms with E-state index in [0.717, 1.165) is 28.7 Å². The molecule has 0 fully saturated rings. The van der Waals surface area contributed by atoms with E-state index >= 15 is 0 Å². The molecule has 5 nitrogen and oxygen atoms in total. The fourth-order valence-corrected chi connectivity index (χ4v) is 3.35. The highest BCUT2D eigenvalue weighted by Crippen LogP contribution is 2.31. The molecule has 0 bridgehead atoms. The second kappa shape index (κ2) is 6.07. The average Bonchev–Trinajstić information content (AvgIpc) is 3.11. The summed E-state index contributed by atoms with van der Waals surface area (Å²) < 4.78 is 2.86. The second-order valence-corrected chi connectivity index (χ2v) is 5.71. The summed E-state index contributed by atoms with van der Waals surface area (Å²) in [7, 11) is 0. The third-order valence-electron chi connectivity index (χ3n) is 3.27. The second-order valence-electron chi connectivity index (χ2n) is 4.66. The van der Waals surface area contributed by atoms with Crippen molar-refractivity contribution in [2.75, 3.05) is 6.54 Å². The molecule has 1 aromatic carbocycles. The molecule has 0 saturated heterocycles. The van der Waals surface area contributed by atoms with E-state index in [-0.39, 0.29) is 0 Å². The molecule has 2 N–H and O–H groups in total. The molecule has 21 heavy (non-hydrogen) atoms. The molecule has 0 spiro atoms. The smallest absolute Gasteiger partial charge is 0.346 e. The zero-order valence-corrected chi connectivity index (χ0v) is 12.1. The van der Waals surface area contributed by atoms with E-state index in [9.17, 15) is 9.90 Å². The number of nitrogens with one attached hydrogen (secondary N) is 1. The zero-order valence-electron chi connectivity index (χ0n) is 11.3. The van der Waals surface area contributed by atoms with Crippen molar-refractivity contribution in [1.29, 1.82) is 0 Å². The van der Waals surface area contributed by atoms with Gasteiger partial charge in [-0.25, -0.2) is 4.79 Å². The molecule has 0 saturated carbocycles. The third-order valence-corrected chi connectivity index (χ3v) is 4.47. The Morgan fingerprint density at radius 1 is 1.33 bits per heavy atom. The fourth-order valence-electron chi connectivity index (χ4n) is 2.29. The first-order chi connectivity index (χ1) is 10.3. The molecular weight excluding hydrogens is 286 g/mol. The van der Waals surface area contributed by atoms with Gasteiger partial charge in [0.05, 0.1) is 6.54 Å². The summed E-state index contributed by atoms with van der Waals surface area (Å²) >= 11 is 1.33. The lowest BCUT2D eigenvalue weighted by Crippen LogP contribution is -2.20. The molecule has 0 aliphatic rings. The summed E-state index contributed by atoms with van der Waals surface area (Å²) in [5, 5.41) is 17.8. The van der Waals surface area contributed by atoms with Gasteiger partial charge in [-0.1, -0.05) is 18.2 Å². The Balaban J connectivity index is 1.73. The van der Waals surface area contributed by atoms with Crippen LogP contribution in [0.15, 0.2) is 42.7 Å². The van der Waals surface area contributed by atoms with Crippen molar-refractivity contribution in [3.63, 3.8) is 0 Å². The largest absolute Gasteiger partial charge is 0.477 e. The Morgan fingerprint density at radius 2 is 2.19 bits per heavy atom. The van der Waals surface area contributed by atoms with Crippen LogP contribution in [0.25, 0.3) is 10.1 Å². The fraction of sp³-hybridized carbons (Fsp3) is 0.200. The maximum absolute atomic E-state index is 11.4. The molecule has 0 radical (unpaired) electrons. The van der Waals surface area contributed by atoms with Crippen molar-refractivity contribution < 1.29 is 9.90 Å². The van der Waals surface area contributed by atoms with Gasteiger partial charge in [-0.3, -0.25) is 4.68 Å². The van der Waals surface area contributed by atoms with Crippen LogP contribution >= 0.6 is 11.3 Å². The third kappa shape index (κ3) is 2.96. The standard InChI is InChI=1S/C15H15N3O2S/c19-15(20)14-12(11-4-1-2-5-13(11)21-14)10-16-7-9-18-8-3-6-17-18/h1-6,8,16H,7,9-10H2,(H,19,20). The molecule has 6 heteroatoms. The predicted molar refractivity (Wildman–Crippen MR) is 82.7 cm³/mol. The van der Waals surface area contributed by atoms with Gasteiger partial charge in [0.15, 0.2) is 0 Å². The number of nitrogens with zero attached hydrogens (tertiary/aromatic N) is 2. The number of carbonyl (C=O) groups is 1. The van der Waals surface area contributed by atoms with Crippen LogP contribution in [0.2, 0.25) is 0 Å². The van der Waals surface area contributed by atoms with Gasteiger partial charge in [0.25, 0.3) is 0 Å². The number of hydrogen-bond acceptors (Lipinski definition) is 4. The van der Waals surface area contributed by atoms with Crippen LogP contribution in [0.4, 0.5) is 0 Å². The highest BCUT2D eigenvalue weighted by atomic mass is 32.1. The number of fused-ring (bicyclic) bond motifs is 1. The first kappa shape index (κ1) is 13.8. The van der Waals surface area contributed by atoms with E-state index in [1.54, 1.807) is 6.20 Å². The van der Waals surface area contributed by atoms with Gasteiger partial charge in [-0.2, -0.15) is 5.10 Å². The first-order valence-electron chi connectivity index (χ1n) is 6.67. The molecule has 0 unspecified atom stereocenters. The summed E-state index contributed by atoms with van der Waals surface area (Å²) in [6, 6.07) is 9.69. The van der Waals surface area contributed by atoms with Gasteiger partial charge in [0.2, 0.25) is 0 Å². The molecule has 0 atom stereocenters. The van der Waals surface area contributed by atoms with Crippen LogP contribution in [0.3, 0.4) is 0 Å². The van der Waals surface area contributed by atoms with Gasteiger partial charge >= 0.3 is 5.97 Å². The van der Waals surface area contributed by atoms with E-state index in [1.165, 1.54) is 11.3 Å². The van der Waals surface area contributed by atoms with E-state index in [2.05, 4.69) is 10.4 Å². The summed E-state index contributed by atoms with van der Waals surface area (Å²) in [5.74, 6) is -0.861. The number of benzene rings is 1. The Bertz CT molecular complexity index is 749. The molecular formula is C15H15N3O2S. The monoisotopic (exact) mass is 301 g/mol. The molecule has 0 amide bonds. The minimum absolute atomic E-state index is 0.419. The van der Waals surface area contributed by atoms with Crippen molar-refractivity contribution in [3.8, 4) is 0 Å². The van der Waals surface area contributed by atoms with E-state index in [1.807, 2.05) is 41.2 Å². The summed E-state index contributed by atoms with van der Waals surface area (Å²) in [6.45, 7) is 2.05. The molecule has 3 aromatic rings. The quantitative estimate of drug-likeness (QED) is 0.687. The number of carboxylic acid groups (broad SMARTS) is 1. The predicted octanol–water partition coefficient (Wildman–Crippen LogP) is 2.59. The molecule has 3 rings (SSSR count). The van der Waals surface area contributed by atoms with Crippen LogP contribution in [0, 0.1) is 0 Å². The summed E-state index contributed by atoms with van der Waals surface area (Å²) in [5.41, 5.74) is 0.864. The molecule has 2 aromatic heterocycles. The molecule has 0 aliphatic heterocycles. The van der Waals surface area contributed by atoms with Gasteiger partial charge in [0.1, 0.15) is 4.88 Å². The SMILES string of the molecule is O=C(O)c1sc2ccccc2c1CNCCn1cccn1. The van der Waals surface area contributed by atoms with Gasteiger partial charge in [-0.05, 0) is 23.1 Å². The normalized spacial score (nSPS) is 11.0. The lowest BCUT2D eigenvalue weighted by molar-refractivity contribution is 0.0701. The number of rotatable bonds is 6. The van der Waals surface area contributed by atoms with Crippen molar-refractivity contribution in [1.82, 2.24) is 15.1 Å². The van der Waals surface area contributed by atoms with Crippen LogP contribution in [-0.4, -0.2) is 27.4 Å². The zero-order chi connectivity index (χ0) is 14.7. The molecule has 108 valence electrons. The van der Waals surface area contributed by atoms with Crippen molar-refractivity contribution >= 4 is 27.4 Å². The van der Waals surface area contributed by atoms with E-state index < -0.39 is 5.97 Å². The Kier molecular flexibility index (Phi) is 3.98. The van der Waals surface area contributed by atoms with Crippen LogP contribution < -0.4 is 5.32 Å². The van der Waals surface area contributed by atoms with Gasteiger partial charge in [0, 0.05) is 30.2 Å². The van der Waals surface area contributed by atoms with Crippen LogP contribution in [-0.2, 0) is 13.1 Å². The lowest BCUT2D eigenvalue weighted by Gasteiger charge is -2.06. The maximum Gasteiger partial charge on any atom is 0.346 e. The van der Waals surface area contributed by atoms with Crippen molar-refractivity contribution in [2.45, 2.75) is 13.1 Å². The Labute approximate surface area is 125 Å². The minimum atomic E-state index is -0.861. The minimum Gasteiger partial charge on any atom is -0.477 e. The molecule has 0 aliphatic carbocycles. The molecule has 2 heterocycles.